The van der Waals surface area contributed by atoms with E-state index >= 15 is 0 Å². The fourth-order valence-electron chi connectivity index (χ4n) is 2.05. The molecular formula is C16H20N2O3. The molecule has 0 saturated carbocycles. The first kappa shape index (κ1) is 15.3. The molecule has 0 amide bonds. The zero-order chi connectivity index (χ0) is 15.1. The number of rotatable bonds is 7. The molecule has 0 radical (unpaired) electrons. The van der Waals surface area contributed by atoms with E-state index < -0.39 is 6.10 Å². The molecule has 1 aromatic carbocycles. The molecule has 21 heavy (non-hydrogen) atoms. The zero-order valence-electron chi connectivity index (χ0n) is 12.2. The minimum Gasteiger partial charge on any atom is -0.497 e. The Bertz CT molecular complexity index is 575. The summed E-state index contributed by atoms with van der Waals surface area (Å²) >= 11 is 0. The molecule has 1 unspecified atom stereocenters. The van der Waals surface area contributed by atoms with Crippen LogP contribution in [-0.2, 0) is 6.54 Å². The highest BCUT2D eigenvalue weighted by Crippen LogP contribution is 2.19. The molecule has 5 heteroatoms. The van der Waals surface area contributed by atoms with E-state index in [1.165, 1.54) is 0 Å². The fraction of sp³-hybridized carbons (Fsp3) is 0.312. The first-order valence-electron chi connectivity index (χ1n) is 6.75. The lowest BCUT2D eigenvalue weighted by molar-refractivity contribution is 0.174. The Kier molecular flexibility index (Phi) is 5.54. The predicted molar refractivity (Wildman–Crippen MR) is 80.4 cm³/mol. The number of methoxy groups -OCH3 is 2. The average Bonchev–Trinajstić information content (AvgIpc) is 2.55. The number of hydrogen-bond donors (Lipinski definition) is 2. The van der Waals surface area contributed by atoms with E-state index in [9.17, 15) is 5.11 Å². The lowest BCUT2D eigenvalue weighted by atomic mass is 10.1. The topological polar surface area (TPSA) is 63.6 Å². The smallest absolute Gasteiger partial charge is 0.217 e. The van der Waals surface area contributed by atoms with E-state index in [-0.39, 0.29) is 0 Å². The first-order chi connectivity index (χ1) is 10.2. The van der Waals surface area contributed by atoms with Gasteiger partial charge in [0.05, 0.1) is 20.3 Å². The molecular weight excluding hydrogens is 268 g/mol. The van der Waals surface area contributed by atoms with Gasteiger partial charge in [-0.05, 0) is 23.8 Å². The minimum atomic E-state index is -0.595. The van der Waals surface area contributed by atoms with Crippen molar-refractivity contribution in [2.75, 3.05) is 20.8 Å². The quantitative estimate of drug-likeness (QED) is 0.815. The monoisotopic (exact) mass is 288 g/mol. The Labute approximate surface area is 124 Å². The Morgan fingerprint density at radius 3 is 2.81 bits per heavy atom. The van der Waals surface area contributed by atoms with Crippen LogP contribution in [0.4, 0.5) is 0 Å². The molecule has 0 saturated heterocycles. The van der Waals surface area contributed by atoms with Crippen molar-refractivity contribution in [3.8, 4) is 11.6 Å². The molecule has 2 N–H and O–H groups in total. The Balaban J connectivity index is 1.90. The molecule has 1 heterocycles. The normalized spacial score (nSPS) is 12.0. The summed E-state index contributed by atoms with van der Waals surface area (Å²) in [7, 11) is 3.20. The van der Waals surface area contributed by atoms with E-state index in [0.29, 0.717) is 19.0 Å². The van der Waals surface area contributed by atoms with Crippen LogP contribution in [0, 0.1) is 0 Å². The van der Waals surface area contributed by atoms with Crippen LogP contribution in [0.1, 0.15) is 17.2 Å². The number of aliphatic hydroxyl groups is 1. The second-order valence-electron chi connectivity index (χ2n) is 4.60. The molecule has 2 aromatic rings. The average molecular weight is 288 g/mol. The van der Waals surface area contributed by atoms with Gasteiger partial charge in [0.1, 0.15) is 5.75 Å². The van der Waals surface area contributed by atoms with Crippen LogP contribution in [0.3, 0.4) is 0 Å². The number of nitrogens with zero attached hydrogens (tertiary/aromatic N) is 1. The summed E-state index contributed by atoms with van der Waals surface area (Å²) in [5, 5.41) is 13.4. The Morgan fingerprint density at radius 2 is 2.05 bits per heavy atom. The van der Waals surface area contributed by atoms with Gasteiger partial charge in [-0.3, -0.25) is 0 Å². The molecule has 0 aliphatic carbocycles. The van der Waals surface area contributed by atoms with E-state index in [1.54, 1.807) is 20.4 Å². The zero-order valence-corrected chi connectivity index (χ0v) is 12.2. The summed E-state index contributed by atoms with van der Waals surface area (Å²) in [5.41, 5.74) is 1.78. The highest BCUT2D eigenvalue weighted by atomic mass is 16.5. The molecule has 5 nitrogen and oxygen atoms in total. The Morgan fingerprint density at radius 1 is 1.19 bits per heavy atom. The van der Waals surface area contributed by atoms with Crippen LogP contribution < -0.4 is 14.8 Å². The molecule has 0 spiro atoms. The number of aliphatic hydroxyl groups excluding tert-OH is 1. The van der Waals surface area contributed by atoms with Gasteiger partial charge in [-0.15, -0.1) is 0 Å². The summed E-state index contributed by atoms with van der Waals surface area (Å²) in [6, 6.07) is 11.2. The van der Waals surface area contributed by atoms with Crippen LogP contribution in [-0.4, -0.2) is 30.9 Å². The van der Waals surface area contributed by atoms with Crippen LogP contribution >= 0.6 is 0 Å². The number of nitrogens with one attached hydrogen (secondary N) is 1. The van der Waals surface area contributed by atoms with Crippen LogP contribution in [0.25, 0.3) is 0 Å². The maximum absolute atomic E-state index is 10.2. The number of hydrogen-bond acceptors (Lipinski definition) is 5. The summed E-state index contributed by atoms with van der Waals surface area (Å²) < 4.78 is 10.3. The largest absolute Gasteiger partial charge is 0.497 e. The summed E-state index contributed by atoms with van der Waals surface area (Å²) in [4.78, 5) is 4.13. The van der Waals surface area contributed by atoms with Crippen molar-refractivity contribution < 1.29 is 14.6 Å². The van der Waals surface area contributed by atoms with E-state index in [4.69, 9.17) is 9.47 Å². The maximum Gasteiger partial charge on any atom is 0.217 e. The van der Waals surface area contributed by atoms with Gasteiger partial charge < -0.3 is 19.9 Å². The standard InChI is InChI=1S/C16H20N2O3/c1-20-14-7-3-5-12(9-14)15(19)11-17-10-13-6-4-8-18-16(13)21-2/h3-9,15,17,19H,10-11H2,1-2H3. The van der Waals surface area contributed by atoms with Gasteiger partial charge in [0, 0.05) is 24.8 Å². The molecule has 1 atom stereocenters. The summed E-state index contributed by atoms with van der Waals surface area (Å²) in [5.74, 6) is 1.33. The maximum atomic E-state index is 10.2. The van der Waals surface area contributed by atoms with Gasteiger partial charge in [0.2, 0.25) is 5.88 Å². The first-order valence-corrected chi connectivity index (χ1v) is 6.75. The highest BCUT2D eigenvalue weighted by Gasteiger charge is 2.09. The van der Waals surface area contributed by atoms with Gasteiger partial charge in [-0.1, -0.05) is 18.2 Å². The van der Waals surface area contributed by atoms with E-state index in [2.05, 4.69) is 10.3 Å². The van der Waals surface area contributed by atoms with Crippen molar-refractivity contribution in [2.45, 2.75) is 12.6 Å². The van der Waals surface area contributed by atoms with Crippen molar-refractivity contribution in [3.63, 3.8) is 0 Å². The van der Waals surface area contributed by atoms with Gasteiger partial charge in [-0.25, -0.2) is 4.98 Å². The second kappa shape index (κ2) is 7.61. The third-order valence-corrected chi connectivity index (χ3v) is 3.18. The van der Waals surface area contributed by atoms with Crippen LogP contribution in [0.15, 0.2) is 42.6 Å². The van der Waals surface area contributed by atoms with Crippen molar-refractivity contribution in [3.05, 3.63) is 53.7 Å². The van der Waals surface area contributed by atoms with E-state index in [0.717, 1.165) is 16.9 Å². The molecule has 0 aliphatic heterocycles. The van der Waals surface area contributed by atoms with Crippen LogP contribution in [0.2, 0.25) is 0 Å². The number of aromatic nitrogens is 1. The second-order valence-corrected chi connectivity index (χ2v) is 4.60. The molecule has 1 aromatic heterocycles. The third-order valence-electron chi connectivity index (χ3n) is 3.18. The SMILES string of the molecule is COc1cccc(C(O)CNCc2cccnc2OC)c1. The third kappa shape index (κ3) is 4.18. The van der Waals surface area contributed by atoms with Crippen molar-refractivity contribution in [1.29, 1.82) is 0 Å². The molecule has 0 fully saturated rings. The van der Waals surface area contributed by atoms with Crippen molar-refractivity contribution in [1.82, 2.24) is 10.3 Å². The van der Waals surface area contributed by atoms with Gasteiger partial charge >= 0.3 is 0 Å². The van der Waals surface area contributed by atoms with Gasteiger partial charge in [0.15, 0.2) is 0 Å². The molecule has 0 aliphatic rings. The molecule has 2 rings (SSSR count). The minimum absolute atomic E-state index is 0.436. The van der Waals surface area contributed by atoms with Crippen LogP contribution in [0.5, 0.6) is 11.6 Å². The fourth-order valence-corrected chi connectivity index (χ4v) is 2.05. The number of ether oxygens (including phenoxy) is 2. The number of pyridine rings is 1. The molecule has 0 bridgehead atoms. The lowest BCUT2D eigenvalue weighted by Gasteiger charge is -2.14. The van der Waals surface area contributed by atoms with Crippen molar-refractivity contribution >= 4 is 0 Å². The molecule has 112 valence electrons. The number of benzene rings is 1. The highest BCUT2D eigenvalue weighted by molar-refractivity contribution is 5.30. The predicted octanol–water partition coefficient (Wildman–Crippen LogP) is 1.92. The summed E-state index contributed by atoms with van der Waals surface area (Å²) in [6.07, 6.45) is 1.09. The van der Waals surface area contributed by atoms with Gasteiger partial charge in [-0.2, -0.15) is 0 Å². The van der Waals surface area contributed by atoms with Gasteiger partial charge in [0.25, 0.3) is 0 Å². The Hall–Kier alpha value is -2.11. The summed E-state index contributed by atoms with van der Waals surface area (Å²) in [6.45, 7) is 1.02. The van der Waals surface area contributed by atoms with Crippen molar-refractivity contribution in [2.24, 2.45) is 0 Å². The lowest BCUT2D eigenvalue weighted by Crippen LogP contribution is -2.21. The van der Waals surface area contributed by atoms with E-state index in [1.807, 2.05) is 36.4 Å².